The third-order valence-corrected chi connectivity index (χ3v) is 10.7. The van der Waals surface area contributed by atoms with Crippen LogP contribution in [0.3, 0.4) is 0 Å². The largest absolute Gasteiger partial charge is 0.456 e. The summed E-state index contributed by atoms with van der Waals surface area (Å²) < 4.78 is 17.8. The van der Waals surface area contributed by atoms with E-state index in [-0.39, 0.29) is 35.7 Å². The molecule has 12 heteroatoms. The number of aliphatic hydroxyl groups excluding tert-OH is 2. The minimum Gasteiger partial charge on any atom is -0.456 e. The minimum atomic E-state index is -2.16. The molecular formula is C37H51NO11. The molecular weight excluding hydrogens is 634 g/mol. The SMILES string of the molecule is CC(=O)NC(C=C(C)C)C(O)C(=O)OC1CC(O)(C(OC(=O)c2ccccc2)C2[C@@H](C)CCC3OCC32O)C(C)(C)C(C(O)C(C)=O)=C1C. The van der Waals surface area contributed by atoms with Crippen molar-refractivity contribution in [3.63, 3.8) is 0 Å². The van der Waals surface area contributed by atoms with Gasteiger partial charge < -0.3 is 40.0 Å². The molecule has 1 heterocycles. The summed E-state index contributed by atoms with van der Waals surface area (Å²) in [4.78, 5) is 52.0. The van der Waals surface area contributed by atoms with Crippen molar-refractivity contribution in [3.8, 4) is 0 Å². The summed E-state index contributed by atoms with van der Waals surface area (Å²) in [7, 11) is 0. The van der Waals surface area contributed by atoms with Crippen LogP contribution in [0.2, 0.25) is 0 Å². The predicted molar refractivity (Wildman–Crippen MR) is 178 cm³/mol. The van der Waals surface area contributed by atoms with Crippen LogP contribution in [0.1, 0.15) is 85.0 Å². The fourth-order valence-corrected chi connectivity index (χ4v) is 8.00. The Morgan fingerprint density at radius 1 is 1.02 bits per heavy atom. The molecule has 4 rings (SSSR count). The summed E-state index contributed by atoms with van der Waals surface area (Å²) in [5, 5.41) is 50.1. The third-order valence-electron chi connectivity index (χ3n) is 10.7. The molecule has 0 bridgehead atoms. The van der Waals surface area contributed by atoms with E-state index in [2.05, 4.69) is 5.32 Å². The van der Waals surface area contributed by atoms with Crippen LogP contribution in [0.25, 0.3) is 0 Å². The van der Waals surface area contributed by atoms with Crippen molar-refractivity contribution in [1.29, 1.82) is 0 Å². The number of nitrogens with one attached hydrogen (secondary N) is 1. The summed E-state index contributed by atoms with van der Waals surface area (Å²) >= 11 is 0. The Hall–Kier alpha value is -3.42. The second-order valence-electron chi connectivity index (χ2n) is 14.8. The van der Waals surface area contributed by atoms with E-state index >= 15 is 0 Å². The van der Waals surface area contributed by atoms with Gasteiger partial charge in [0.2, 0.25) is 5.91 Å². The van der Waals surface area contributed by atoms with E-state index in [1.807, 2.05) is 6.92 Å². The molecule has 12 nitrogen and oxygen atoms in total. The number of aliphatic hydroxyl groups is 4. The van der Waals surface area contributed by atoms with Gasteiger partial charge in [-0.25, -0.2) is 9.59 Å². The predicted octanol–water partition coefficient (Wildman–Crippen LogP) is 2.56. The standard InChI is InChI=1S/C37H51NO11/c1-19(2)16-25(38-23(6)40)31(42)34(44)48-26-17-37(46,35(7,8)29(21(26)4)30(41)22(5)39)32(49-33(43)24-12-10-9-11-13-24)28-20(3)14-15-27-36(28,45)18-47-27/h9-13,16,20,25-28,30-32,41-42,45-46H,14-15,17-18H2,1-8H3,(H,38,40)/t20-,25?,26?,27?,28?,30?,31?,32?,36?,37?/m0/s1. The summed E-state index contributed by atoms with van der Waals surface area (Å²) in [6, 6.07) is 7.04. The van der Waals surface area contributed by atoms with Gasteiger partial charge in [0, 0.05) is 24.7 Å². The lowest BCUT2D eigenvalue weighted by atomic mass is 9.52. The fourth-order valence-electron chi connectivity index (χ4n) is 8.00. The van der Waals surface area contributed by atoms with Crippen LogP contribution in [0.5, 0.6) is 0 Å². The highest BCUT2D eigenvalue weighted by atomic mass is 16.6. The second kappa shape index (κ2) is 14.4. The minimum absolute atomic E-state index is 0.0557. The monoisotopic (exact) mass is 685 g/mol. The molecule has 1 aliphatic heterocycles. The van der Waals surface area contributed by atoms with Crippen molar-refractivity contribution in [3.05, 3.63) is 58.7 Å². The highest BCUT2D eigenvalue weighted by Crippen LogP contribution is 2.57. The molecule has 0 radical (unpaired) electrons. The van der Waals surface area contributed by atoms with E-state index in [4.69, 9.17) is 14.2 Å². The zero-order chi connectivity index (χ0) is 36.6. The van der Waals surface area contributed by atoms with Gasteiger partial charge >= 0.3 is 11.9 Å². The Kier molecular flexibility index (Phi) is 11.3. The number of amides is 1. The summed E-state index contributed by atoms with van der Waals surface area (Å²) in [5.74, 6) is -4.18. The van der Waals surface area contributed by atoms with E-state index in [9.17, 15) is 39.6 Å². The van der Waals surface area contributed by atoms with E-state index < -0.39 is 82.7 Å². The zero-order valence-corrected chi connectivity index (χ0v) is 29.6. The fraction of sp³-hybridized carbons (Fsp3) is 0.622. The molecule has 9 unspecified atom stereocenters. The normalized spacial score (nSPS) is 31.5. The lowest BCUT2D eigenvalue weighted by molar-refractivity contribution is -0.316. The molecule has 1 aromatic rings. The van der Waals surface area contributed by atoms with Crippen molar-refractivity contribution in [2.75, 3.05) is 6.61 Å². The van der Waals surface area contributed by atoms with Gasteiger partial charge in [-0.1, -0.05) is 50.6 Å². The Morgan fingerprint density at radius 2 is 1.65 bits per heavy atom. The Morgan fingerprint density at radius 3 is 2.18 bits per heavy atom. The van der Waals surface area contributed by atoms with Crippen molar-refractivity contribution in [2.24, 2.45) is 17.3 Å². The number of hydrogen-bond acceptors (Lipinski definition) is 11. The number of carbonyl (C=O) groups is 4. The van der Waals surface area contributed by atoms with E-state index in [0.717, 1.165) is 0 Å². The highest BCUT2D eigenvalue weighted by molar-refractivity contribution is 5.89. The average molecular weight is 686 g/mol. The third kappa shape index (κ3) is 7.25. The molecule has 1 amide bonds. The number of ether oxygens (including phenoxy) is 3. The van der Waals surface area contributed by atoms with Crippen LogP contribution in [-0.2, 0) is 28.6 Å². The van der Waals surface area contributed by atoms with Crippen LogP contribution in [0.4, 0.5) is 0 Å². The number of Topliss-reactive ketones (excluding diaryl/α,β-unsaturated/α-hetero) is 1. The number of carbonyl (C=O) groups excluding carboxylic acids is 4. The molecule has 3 aliphatic rings. The van der Waals surface area contributed by atoms with Gasteiger partial charge in [-0.05, 0) is 69.7 Å². The first kappa shape index (κ1) is 38.4. The summed E-state index contributed by atoms with van der Waals surface area (Å²) in [5.41, 5.74) is -3.90. The van der Waals surface area contributed by atoms with Gasteiger partial charge in [0.1, 0.15) is 29.5 Å². The molecule has 1 aromatic carbocycles. The number of rotatable bonds is 11. The van der Waals surface area contributed by atoms with Crippen LogP contribution >= 0.6 is 0 Å². The maximum Gasteiger partial charge on any atom is 0.338 e. The lowest BCUT2D eigenvalue weighted by Crippen LogP contribution is -2.74. The molecule has 49 heavy (non-hydrogen) atoms. The van der Waals surface area contributed by atoms with Crippen molar-refractivity contribution in [2.45, 2.75) is 122 Å². The topological polar surface area (TPSA) is 189 Å². The lowest BCUT2D eigenvalue weighted by Gasteiger charge is -2.61. The van der Waals surface area contributed by atoms with Gasteiger partial charge in [0.05, 0.1) is 24.3 Å². The van der Waals surface area contributed by atoms with E-state index in [1.165, 1.54) is 19.9 Å². The van der Waals surface area contributed by atoms with Crippen molar-refractivity contribution in [1.82, 2.24) is 5.32 Å². The number of ketones is 1. The molecule has 1 saturated carbocycles. The number of esters is 2. The maximum absolute atomic E-state index is 13.8. The molecule has 2 fully saturated rings. The van der Waals surface area contributed by atoms with Gasteiger partial charge in [-0.2, -0.15) is 0 Å². The molecule has 1 saturated heterocycles. The maximum atomic E-state index is 13.8. The molecule has 2 aliphatic carbocycles. The highest BCUT2D eigenvalue weighted by Gasteiger charge is 2.68. The zero-order valence-electron chi connectivity index (χ0n) is 29.6. The number of fused-ring (bicyclic) bond motifs is 1. The van der Waals surface area contributed by atoms with Crippen LogP contribution in [-0.4, -0.2) is 98.4 Å². The molecule has 10 atom stereocenters. The van der Waals surface area contributed by atoms with Crippen LogP contribution in [0.15, 0.2) is 53.1 Å². The summed E-state index contributed by atoms with van der Waals surface area (Å²) in [6.07, 6.45) is -4.66. The first-order valence-corrected chi connectivity index (χ1v) is 16.8. The number of hydrogen-bond donors (Lipinski definition) is 5. The number of benzene rings is 1. The Bertz CT molecular complexity index is 1500. The first-order chi connectivity index (χ1) is 22.8. The van der Waals surface area contributed by atoms with E-state index in [1.54, 1.807) is 65.0 Å². The Balaban J connectivity index is 1.86. The van der Waals surface area contributed by atoms with Crippen molar-refractivity contribution < 1.29 is 53.8 Å². The molecule has 270 valence electrons. The quantitative estimate of drug-likeness (QED) is 0.170. The average Bonchev–Trinajstić information content (AvgIpc) is 3.01. The summed E-state index contributed by atoms with van der Waals surface area (Å²) in [6.45, 7) is 12.5. The van der Waals surface area contributed by atoms with Gasteiger partial charge in [-0.3, -0.25) is 9.59 Å². The van der Waals surface area contributed by atoms with Crippen LogP contribution < -0.4 is 5.32 Å². The molecule has 0 spiro atoms. The van der Waals surface area contributed by atoms with Crippen molar-refractivity contribution >= 4 is 23.6 Å². The first-order valence-electron chi connectivity index (χ1n) is 16.8. The smallest absolute Gasteiger partial charge is 0.338 e. The second-order valence-corrected chi connectivity index (χ2v) is 14.8. The molecule has 5 N–H and O–H groups in total. The van der Waals surface area contributed by atoms with E-state index in [0.29, 0.717) is 18.4 Å². The molecule has 0 aromatic heterocycles. The van der Waals surface area contributed by atoms with Gasteiger partial charge in [0.25, 0.3) is 0 Å². The Labute approximate surface area is 287 Å². The van der Waals surface area contributed by atoms with Gasteiger partial charge in [-0.15, -0.1) is 0 Å². The van der Waals surface area contributed by atoms with Crippen LogP contribution in [0, 0.1) is 17.3 Å². The number of allylic oxidation sites excluding steroid dienone is 1. The van der Waals surface area contributed by atoms with Gasteiger partial charge in [0.15, 0.2) is 11.9 Å².